The maximum atomic E-state index is 12.4. The molecule has 1 nitrogen and oxygen atoms in total. The number of halogens is 2. The van der Waals surface area contributed by atoms with Crippen molar-refractivity contribution in [3.05, 3.63) is 23.5 Å². The van der Waals surface area contributed by atoms with E-state index in [2.05, 4.69) is 0 Å². The van der Waals surface area contributed by atoms with Gasteiger partial charge in [0.25, 0.3) is 0 Å². The van der Waals surface area contributed by atoms with E-state index in [0.717, 1.165) is 6.08 Å². The lowest BCUT2D eigenvalue weighted by Crippen LogP contribution is -2.14. The molecular formula is C6H7BF2N. The van der Waals surface area contributed by atoms with Gasteiger partial charge in [0.15, 0.2) is 0 Å². The third kappa shape index (κ3) is 1.67. The molecule has 1 radical (unpaired) electrons. The van der Waals surface area contributed by atoms with Crippen LogP contribution in [0.2, 0.25) is 0 Å². The Balaban J connectivity index is 2.70. The highest BCUT2D eigenvalue weighted by Gasteiger charge is 2.13. The predicted octanol–water partition coefficient (Wildman–Crippen LogP) is 1.04. The van der Waals surface area contributed by atoms with Crippen molar-refractivity contribution in [2.24, 2.45) is 5.64 Å². The van der Waals surface area contributed by atoms with E-state index < -0.39 is 12.0 Å². The fraction of sp³-hybridized carbons (Fsp3) is 0.333. The van der Waals surface area contributed by atoms with Crippen LogP contribution in [-0.4, -0.2) is 13.6 Å². The minimum absolute atomic E-state index is 0.184. The standard InChI is InChI=1S/C6H7BF2N/c8-5-1-4(7-10)2-6(9)3-5/h1,3,6H,2,10H2. The molecule has 1 aliphatic carbocycles. The molecular weight excluding hydrogens is 135 g/mol. The molecule has 1 aliphatic rings. The summed E-state index contributed by atoms with van der Waals surface area (Å²) in [5.74, 6) is -0.546. The fourth-order valence-corrected chi connectivity index (χ4v) is 0.857. The second kappa shape index (κ2) is 2.97. The Morgan fingerprint density at radius 3 is 2.90 bits per heavy atom. The van der Waals surface area contributed by atoms with E-state index in [-0.39, 0.29) is 6.42 Å². The molecule has 4 heteroatoms. The first-order valence-electron chi connectivity index (χ1n) is 2.99. The predicted molar refractivity (Wildman–Crippen MR) is 36.7 cm³/mol. The SMILES string of the molecule is N[B]C1=CC(F)=CC(F)C1. The lowest BCUT2D eigenvalue weighted by molar-refractivity contribution is 0.390. The highest BCUT2D eigenvalue weighted by atomic mass is 19.1. The monoisotopic (exact) mass is 142 g/mol. The van der Waals surface area contributed by atoms with E-state index in [4.69, 9.17) is 5.64 Å². The summed E-state index contributed by atoms with van der Waals surface area (Å²) in [7, 11) is 1.22. The minimum Gasteiger partial charge on any atom is -0.370 e. The molecule has 1 unspecified atom stereocenters. The molecule has 53 valence electrons. The lowest BCUT2D eigenvalue weighted by atomic mass is 9.78. The van der Waals surface area contributed by atoms with Crippen LogP contribution in [0.1, 0.15) is 6.42 Å². The average molecular weight is 142 g/mol. The van der Waals surface area contributed by atoms with Crippen LogP contribution in [-0.2, 0) is 0 Å². The maximum absolute atomic E-state index is 12.4. The molecule has 0 amide bonds. The van der Waals surface area contributed by atoms with Gasteiger partial charge in [-0.2, -0.15) is 0 Å². The summed E-state index contributed by atoms with van der Waals surface area (Å²) in [6.45, 7) is 0. The number of alkyl halides is 1. The largest absolute Gasteiger partial charge is 0.370 e. The lowest BCUT2D eigenvalue weighted by Gasteiger charge is -2.09. The van der Waals surface area contributed by atoms with Gasteiger partial charge in [-0.15, -0.1) is 0 Å². The molecule has 0 aromatic heterocycles. The number of allylic oxidation sites excluding steroid dienone is 4. The first kappa shape index (κ1) is 7.47. The van der Waals surface area contributed by atoms with Crippen LogP contribution >= 0.6 is 0 Å². The van der Waals surface area contributed by atoms with Gasteiger partial charge >= 0.3 is 0 Å². The van der Waals surface area contributed by atoms with Crippen LogP contribution in [0, 0.1) is 0 Å². The van der Waals surface area contributed by atoms with E-state index in [9.17, 15) is 8.78 Å². The van der Waals surface area contributed by atoms with Crippen LogP contribution in [0.5, 0.6) is 0 Å². The Bertz CT molecular complexity index is 188. The molecule has 0 saturated heterocycles. The molecule has 0 spiro atoms. The van der Waals surface area contributed by atoms with Gasteiger partial charge < -0.3 is 5.64 Å². The van der Waals surface area contributed by atoms with E-state index in [1.165, 1.54) is 13.5 Å². The van der Waals surface area contributed by atoms with E-state index in [0.29, 0.717) is 5.47 Å². The third-order valence-corrected chi connectivity index (χ3v) is 1.31. The van der Waals surface area contributed by atoms with Crippen LogP contribution < -0.4 is 5.64 Å². The molecule has 1 atom stereocenters. The highest BCUT2D eigenvalue weighted by Crippen LogP contribution is 2.18. The zero-order valence-corrected chi connectivity index (χ0v) is 5.35. The first-order chi connectivity index (χ1) is 4.72. The van der Waals surface area contributed by atoms with Gasteiger partial charge in [-0.05, 0) is 18.6 Å². The first-order valence-corrected chi connectivity index (χ1v) is 2.99. The van der Waals surface area contributed by atoms with Crippen molar-refractivity contribution in [3.8, 4) is 0 Å². The zero-order chi connectivity index (χ0) is 7.56. The van der Waals surface area contributed by atoms with Crippen molar-refractivity contribution >= 4 is 7.41 Å². The van der Waals surface area contributed by atoms with Gasteiger partial charge in [-0.1, -0.05) is 5.47 Å². The van der Waals surface area contributed by atoms with Gasteiger partial charge in [-0.25, -0.2) is 8.78 Å². The molecule has 0 fully saturated rings. The van der Waals surface area contributed by atoms with E-state index in [1.807, 2.05) is 0 Å². The van der Waals surface area contributed by atoms with Gasteiger partial charge in [0.05, 0.1) is 0 Å². The number of rotatable bonds is 1. The smallest absolute Gasteiger partial charge is 0.237 e. The molecule has 0 saturated carbocycles. The van der Waals surface area contributed by atoms with Crippen molar-refractivity contribution in [2.75, 3.05) is 0 Å². The topological polar surface area (TPSA) is 26.0 Å². The number of hydrogen-bond acceptors (Lipinski definition) is 1. The van der Waals surface area contributed by atoms with Crippen LogP contribution in [0.4, 0.5) is 8.78 Å². The second-order valence-electron chi connectivity index (χ2n) is 2.16. The quantitative estimate of drug-likeness (QED) is 0.543. The summed E-state index contributed by atoms with van der Waals surface area (Å²) in [5, 5.41) is 0. The van der Waals surface area contributed by atoms with Crippen molar-refractivity contribution in [3.63, 3.8) is 0 Å². The molecule has 0 heterocycles. The Kier molecular flexibility index (Phi) is 2.22. The molecule has 0 aliphatic heterocycles. The summed E-state index contributed by atoms with van der Waals surface area (Å²) in [4.78, 5) is 0. The molecule has 1 rings (SSSR count). The van der Waals surface area contributed by atoms with Crippen LogP contribution in [0.25, 0.3) is 0 Å². The van der Waals surface area contributed by atoms with E-state index in [1.54, 1.807) is 0 Å². The third-order valence-electron chi connectivity index (χ3n) is 1.31. The molecule has 2 N–H and O–H groups in total. The Morgan fingerprint density at radius 2 is 2.40 bits per heavy atom. The summed E-state index contributed by atoms with van der Waals surface area (Å²) < 4.78 is 24.8. The molecule has 10 heavy (non-hydrogen) atoms. The molecule has 0 aromatic rings. The Labute approximate surface area is 58.9 Å². The van der Waals surface area contributed by atoms with Crippen molar-refractivity contribution in [2.45, 2.75) is 12.6 Å². The normalized spacial score (nSPS) is 25.3. The highest BCUT2D eigenvalue weighted by molar-refractivity contribution is 6.41. The minimum atomic E-state index is -1.22. The Hall–Kier alpha value is -0.635. The van der Waals surface area contributed by atoms with E-state index >= 15 is 0 Å². The van der Waals surface area contributed by atoms with Gasteiger partial charge in [0.2, 0.25) is 7.41 Å². The number of nitrogens with two attached hydrogens (primary N) is 1. The average Bonchev–Trinajstić information content (AvgIpc) is 1.85. The fourth-order valence-electron chi connectivity index (χ4n) is 0.857. The Morgan fingerprint density at radius 1 is 1.70 bits per heavy atom. The summed E-state index contributed by atoms with van der Waals surface area (Å²) in [6, 6.07) is 0. The summed E-state index contributed by atoms with van der Waals surface area (Å²) in [5.41, 5.74) is 5.58. The number of hydrogen-bond donors (Lipinski definition) is 1. The van der Waals surface area contributed by atoms with Gasteiger partial charge in [0, 0.05) is 0 Å². The summed E-state index contributed by atoms with van der Waals surface area (Å²) >= 11 is 0. The molecule has 0 aromatic carbocycles. The summed E-state index contributed by atoms with van der Waals surface area (Å²) in [6.07, 6.45) is 1.13. The van der Waals surface area contributed by atoms with Gasteiger partial charge in [0.1, 0.15) is 12.0 Å². The molecule has 0 bridgehead atoms. The van der Waals surface area contributed by atoms with Crippen LogP contribution in [0.15, 0.2) is 23.5 Å². The van der Waals surface area contributed by atoms with Gasteiger partial charge in [-0.3, -0.25) is 0 Å². The van der Waals surface area contributed by atoms with Crippen LogP contribution in [0.3, 0.4) is 0 Å². The van der Waals surface area contributed by atoms with Crippen molar-refractivity contribution < 1.29 is 8.78 Å². The maximum Gasteiger partial charge on any atom is 0.237 e. The second-order valence-corrected chi connectivity index (χ2v) is 2.16. The van der Waals surface area contributed by atoms with Crippen molar-refractivity contribution in [1.29, 1.82) is 0 Å². The zero-order valence-electron chi connectivity index (χ0n) is 5.35. The van der Waals surface area contributed by atoms with Crippen molar-refractivity contribution in [1.82, 2.24) is 0 Å².